The number of hydrogen-bond acceptors (Lipinski definition) is 5. The number of ether oxygens (including phenoxy) is 1. The van der Waals surface area contributed by atoms with E-state index < -0.39 is 22.1 Å². The van der Waals surface area contributed by atoms with E-state index in [1.165, 1.54) is 29.4 Å². The highest BCUT2D eigenvalue weighted by molar-refractivity contribution is 7.89. The van der Waals surface area contributed by atoms with Crippen molar-refractivity contribution in [3.05, 3.63) is 64.2 Å². The number of aryl methyl sites for hydroxylation is 1. The smallest absolute Gasteiger partial charge is 0.340 e. The average molecular weight is 438 g/mol. The third kappa shape index (κ3) is 5.23. The van der Waals surface area contributed by atoms with Crippen LogP contribution >= 0.6 is 11.6 Å². The molecule has 0 radical (unpaired) electrons. The van der Waals surface area contributed by atoms with Crippen LogP contribution in [0, 0.1) is 6.92 Å². The summed E-state index contributed by atoms with van der Waals surface area (Å²) in [4.78, 5) is 25.0. The molecule has 0 amide bonds. The number of Topliss-reactive ketones (excluding diaryl/α,β-unsaturated/α-hetero) is 1. The molecular weight excluding hydrogens is 414 g/mol. The molecule has 0 heterocycles. The molecule has 0 unspecified atom stereocenters. The van der Waals surface area contributed by atoms with E-state index in [4.69, 9.17) is 16.3 Å². The van der Waals surface area contributed by atoms with E-state index in [0.29, 0.717) is 18.7 Å². The molecule has 156 valence electrons. The number of sulfonamides is 1. The summed E-state index contributed by atoms with van der Waals surface area (Å²) in [6.45, 7) is 7.41. The second-order valence-electron chi connectivity index (χ2n) is 6.51. The van der Waals surface area contributed by atoms with E-state index in [0.717, 1.165) is 5.56 Å². The van der Waals surface area contributed by atoms with E-state index in [2.05, 4.69) is 0 Å². The number of esters is 1. The van der Waals surface area contributed by atoms with E-state index in [9.17, 15) is 18.0 Å². The van der Waals surface area contributed by atoms with Crippen LogP contribution in [0.1, 0.15) is 47.1 Å². The summed E-state index contributed by atoms with van der Waals surface area (Å²) >= 11 is 6.09. The zero-order chi connectivity index (χ0) is 21.8. The van der Waals surface area contributed by atoms with Crippen LogP contribution < -0.4 is 0 Å². The van der Waals surface area contributed by atoms with Gasteiger partial charge in [0.15, 0.2) is 6.10 Å². The third-order valence-corrected chi connectivity index (χ3v) is 6.87. The summed E-state index contributed by atoms with van der Waals surface area (Å²) in [7, 11) is -3.77. The van der Waals surface area contributed by atoms with Crippen molar-refractivity contribution in [3.8, 4) is 0 Å². The van der Waals surface area contributed by atoms with Crippen LogP contribution in [0.2, 0.25) is 5.02 Å². The van der Waals surface area contributed by atoms with E-state index >= 15 is 0 Å². The molecule has 0 aliphatic carbocycles. The fraction of sp³-hybridized carbons (Fsp3) is 0.333. The SMILES string of the molecule is CCN(CC)S(=O)(=O)c1ccc(Cl)c(C(=O)O[C@H](C)C(=O)c2ccc(C)cc2)c1. The summed E-state index contributed by atoms with van der Waals surface area (Å²) < 4.78 is 31.9. The maximum Gasteiger partial charge on any atom is 0.340 e. The van der Waals surface area contributed by atoms with Crippen molar-refractivity contribution in [2.75, 3.05) is 13.1 Å². The number of hydrogen-bond donors (Lipinski definition) is 0. The second kappa shape index (κ2) is 9.52. The Morgan fingerprint density at radius 2 is 1.66 bits per heavy atom. The molecule has 0 aliphatic rings. The van der Waals surface area contributed by atoms with Crippen molar-refractivity contribution < 1.29 is 22.7 Å². The van der Waals surface area contributed by atoms with Gasteiger partial charge in [-0.3, -0.25) is 4.79 Å². The average Bonchev–Trinajstić information content (AvgIpc) is 2.68. The van der Waals surface area contributed by atoms with Crippen LogP contribution in [0.5, 0.6) is 0 Å². The fourth-order valence-electron chi connectivity index (χ4n) is 2.76. The predicted molar refractivity (Wildman–Crippen MR) is 112 cm³/mol. The first kappa shape index (κ1) is 23.1. The van der Waals surface area contributed by atoms with Crippen molar-refractivity contribution in [2.45, 2.75) is 38.7 Å². The number of nitrogens with zero attached hydrogens (tertiary/aromatic N) is 1. The molecular formula is C21H24ClNO5S. The summed E-state index contributed by atoms with van der Waals surface area (Å²) in [5.74, 6) is -1.22. The molecule has 0 aromatic heterocycles. The lowest BCUT2D eigenvalue weighted by Crippen LogP contribution is -2.31. The van der Waals surface area contributed by atoms with Crippen molar-refractivity contribution >= 4 is 33.4 Å². The Balaban J connectivity index is 2.26. The first-order valence-corrected chi connectivity index (χ1v) is 11.0. The molecule has 0 fully saturated rings. The van der Waals surface area contributed by atoms with Crippen molar-refractivity contribution in [3.63, 3.8) is 0 Å². The Kier molecular flexibility index (Phi) is 7.57. The van der Waals surface area contributed by atoms with Crippen molar-refractivity contribution in [1.82, 2.24) is 4.31 Å². The standard InChI is InChI=1S/C21H24ClNO5S/c1-5-23(6-2)29(26,27)17-11-12-19(22)18(13-17)21(25)28-15(4)20(24)16-9-7-14(3)8-10-16/h7-13,15H,5-6H2,1-4H3/t15-/m1/s1. The van der Waals surface area contributed by atoms with Gasteiger partial charge in [0, 0.05) is 18.7 Å². The van der Waals surface area contributed by atoms with Crippen LogP contribution in [0.15, 0.2) is 47.4 Å². The van der Waals surface area contributed by atoms with Gasteiger partial charge < -0.3 is 4.74 Å². The second-order valence-corrected chi connectivity index (χ2v) is 8.85. The maximum absolute atomic E-state index is 12.7. The monoisotopic (exact) mass is 437 g/mol. The van der Waals surface area contributed by atoms with Crippen LogP contribution in [0.4, 0.5) is 0 Å². The molecule has 0 aliphatic heterocycles. The molecule has 2 aromatic carbocycles. The number of carbonyl (C=O) groups excluding carboxylic acids is 2. The van der Waals surface area contributed by atoms with Gasteiger partial charge in [0.1, 0.15) is 0 Å². The Labute approximate surface area is 176 Å². The summed E-state index contributed by atoms with van der Waals surface area (Å²) in [5, 5.41) is 0.0449. The Morgan fingerprint density at radius 3 is 2.21 bits per heavy atom. The molecule has 2 aromatic rings. The van der Waals surface area contributed by atoms with E-state index in [1.54, 1.807) is 38.1 Å². The fourth-order valence-corrected chi connectivity index (χ4v) is 4.44. The van der Waals surface area contributed by atoms with E-state index in [-0.39, 0.29) is 21.3 Å². The van der Waals surface area contributed by atoms with Gasteiger partial charge in [-0.25, -0.2) is 13.2 Å². The number of halogens is 1. The molecule has 0 spiro atoms. The summed E-state index contributed by atoms with van der Waals surface area (Å²) in [5.41, 5.74) is 1.31. The maximum atomic E-state index is 12.7. The molecule has 1 atom stereocenters. The highest BCUT2D eigenvalue weighted by atomic mass is 35.5. The van der Waals surface area contributed by atoms with Gasteiger partial charge >= 0.3 is 5.97 Å². The topological polar surface area (TPSA) is 80.8 Å². The van der Waals surface area contributed by atoms with Gasteiger partial charge in [0.2, 0.25) is 15.8 Å². The first-order valence-electron chi connectivity index (χ1n) is 9.23. The molecule has 0 bridgehead atoms. The highest BCUT2D eigenvalue weighted by Crippen LogP contribution is 2.24. The van der Waals surface area contributed by atoms with Gasteiger partial charge in [0.25, 0.3) is 0 Å². The lowest BCUT2D eigenvalue weighted by molar-refractivity contribution is 0.0318. The minimum Gasteiger partial charge on any atom is -0.451 e. The molecule has 29 heavy (non-hydrogen) atoms. The van der Waals surface area contributed by atoms with Crippen molar-refractivity contribution in [1.29, 1.82) is 0 Å². The lowest BCUT2D eigenvalue weighted by Gasteiger charge is -2.19. The largest absolute Gasteiger partial charge is 0.451 e. The van der Waals surface area contributed by atoms with E-state index in [1.807, 2.05) is 6.92 Å². The van der Waals surface area contributed by atoms with Crippen molar-refractivity contribution in [2.24, 2.45) is 0 Å². The van der Waals surface area contributed by atoms with Crippen LogP contribution in [-0.4, -0.2) is 43.7 Å². The van der Waals surface area contributed by atoms with Gasteiger partial charge in [-0.1, -0.05) is 55.3 Å². The highest BCUT2D eigenvalue weighted by Gasteiger charge is 2.26. The summed E-state index contributed by atoms with van der Waals surface area (Å²) in [6.07, 6.45) is -1.05. The summed E-state index contributed by atoms with van der Waals surface area (Å²) in [6, 6.07) is 10.8. The molecule has 0 saturated carbocycles. The van der Waals surface area contributed by atoms with Crippen LogP contribution in [0.3, 0.4) is 0 Å². The van der Waals surface area contributed by atoms with Gasteiger partial charge in [-0.2, -0.15) is 4.31 Å². The molecule has 2 rings (SSSR count). The number of carbonyl (C=O) groups is 2. The minimum atomic E-state index is -3.77. The zero-order valence-corrected chi connectivity index (χ0v) is 18.4. The Hall–Kier alpha value is -2.22. The Morgan fingerprint density at radius 1 is 1.07 bits per heavy atom. The third-order valence-electron chi connectivity index (χ3n) is 4.49. The lowest BCUT2D eigenvalue weighted by atomic mass is 10.1. The number of benzene rings is 2. The van der Waals surface area contributed by atoms with Gasteiger partial charge in [0.05, 0.1) is 15.5 Å². The van der Waals surface area contributed by atoms with Crippen LogP contribution in [0.25, 0.3) is 0 Å². The quantitative estimate of drug-likeness (QED) is 0.458. The molecule has 0 N–H and O–H groups in total. The molecule has 6 nitrogen and oxygen atoms in total. The van der Waals surface area contributed by atoms with Crippen LogP contribution in [-0.2, 0) is 14.8 Å². The predicted octanol–water partition coefficient (Wildman–Crippen LogP) is 4.11. The van der Waals surface area contributed by atoms with Gasteiger partial charge in [-0.15, -0.1) is 0 Å². The number of rotatable bonds is 8. The zero-order valence-electron chi connectivity index (χ0n) is 16.8. The van der Waals surface area contributed by atoms with Gasteiger partial charge in [-0.05, 0) is 32.0 Å². The molecule has 0 saturated heterocycles. The minimum absolute atomic E-state index is 0.0449. The normalized spacial score (nSPS) is 12.6. The Bertz CT molecular complexity index is 998. The number of ketones is 1. The first-order chi connectivity index (χ1) is 13.6. The molecule has 8 heteroatoms.